The number of ether oxygens (including phenoxy) is 1. The molecule has 204 valence electrons. The van der Waals surface area contributed by atoms with Crippen molar-refractivity contribution >= 4 is 21.9 Å². The quantitative estimate of drug-likeness (QED) is 0.143. The van der Waals surface area contributed by atoms with Crippen molar-refractivity contribution < 1.29 is 39.1 Å². The second-order valence-corrected chi connectivity index (χ2v) is 9.33. The van der Waals surface area contributed by atoms with Crippen molar-refractivity contribution in [3.63, 3.8) is 0 Å². The molecule has 3 heterocycles. The van der Waals surface area contributed by atoms with Crippen LogP contribution in [0.1, 0.15) is 18.2 Å². The number of hydrogen-bond acceptors (Lipinski definition) is 10. The van der Waals surface area contributed by atoms with Gasteiger partial charge in [0.2, 0.25) is 11.2 Å². The second-order valence-electron chi connectivity index (χ2n) is 9.33. The normalized spacial score (nSPS) is 12.6. The summed E-state index contributed by atoms with van der Waals surface area (Å²) in [5.41, 5.74) is 1.52. The number of hydrogen-bond donors (Lipinski definition) is 5. The zero-order valence-electron chi connectivity index (χ0n) is 21.4. The molecule has 0 aliphatic carbocycles. The van der Waals surface area contributed by atoms with Crippen molar-refractivity contribution in [3.05, 3.63) is 92.0 Å². The van der Waals surface area contributed by atoms with Crippen LogP contribution in [-0.2, 0) is 6.42 Å². The summed E-state index contributed by atoms with van der Waals surface area (Å²) in [7, 11) is 0. The summed E-state index contributed by atoms with van der Waals surface area (Å²) in [4.78, 5) is 24.1. The molecular weight excluding hydrogens is 520 g/mol. The molecule has 0 bridgehead atoms. The smallest absolute Gasteiger partial charge is 0.235 e. The van der Waals surface area contributed by atoms with Gasteiger partial charge in [0.1, 0.15) is 46.2 Å². The number of phenolic OH excluding ortho intramolecular Hbond substituents is 4. The number of rotatable bonds is 1. The molecule has 0 spiro atoms. The highest BCUT2D eigenvalue weighted by molar-refractivity contribution is 5.87. The van der Waals surface area contributed by atoms with E-state index in [4.69, 9.17) is 13.6 Å². The van der Waals surface area contributed by atoms with Gasteiger partial charge in [0.15, 0.2) is 22.7 Å². The fourth-order valence-corrected chi connectivity index (χ4v) is 4.33. The summed E-state index contributed by atoms with van der Waals surface area (Å²) in [5, 5.41) is 48.8. The lowest BCUT2D eigenvalue weighted by Gasteiger charge is -2.11. The Morgan fingerprint density at radius 1 is 0.775 bits per heavy atom. The zero-order valence-corrected chi connectivity index (χ0v) is 21.4. The molecule has 0 amide bonds. The monoisotopic (exact) mass is 544 g/mol. The predicted octanol–water partition coefficient (Wildman–Crippen LogP) is 4.97. The van der Waals surface area contributed by atoms with Crippen LogP contribution in [0.5, 0.6) is 34.5 Å². The minimum atomic E-state index is -0.654. The van der Waals surface area contributed by atoms with Gasteiger partial charge in [0.05, 0.1) is 5.39 Å². The molecule has 1 aliphatic rings. The van der Waals surface area contributed by atoms with Crippen molar-refractivity contribution in [2.24, 2.45) is 0 Å². The third-order valence-corrected chi connectivity index (χ3v) is 6.38. The maximum Gasteiger partial charge on any atom is 0.235 e. The summed E-state index contributed by atoms with van der Waals surface area (Å²) in [6.07, 6.45) is 2.55. The lowest BCUT2D eigenvalue weighted by atomic mass is 10.0. The minimum absolute atomic E-state index is 0.0350. The molecule has 0 atom stereocenters. The third-order valence-electron chi connectivity index (χ3n) is 6.38. The number of phenols is 4. The molecule has 6 rings (SSSR count). The van der Waals surface area contributed by atoms with Gasteiger partial charge in [-0.2, -0.15) is 0 Å². The Hall–Kier alpha value is -5.38. The van der Waals surface area contributed by atoms with Gasteiger partial charge in [-0.1, -0.05) is 6.08 Å². The van der Waals surface area contributed by atoms with E-state index in [2.05, 4.69) is 0 Å². The second kappa shape index (κ2) is 10.1. The maximum atomic E-state index is 12.1. The molecule has 0 saturated heterocycles. The lowest BCUT2D eigenvalue weighted by molar-refractivity contribution is 0.349. The molecular formula is C30H24O10. The Morgan fingerprint density at radius 2 is 1.55 bits per heavy atom. The van der Waals surface area contributed by atoms with Gasteiger partial charge in [-0.3, -0.25) is 9.59 Å². The van der Waals surface area contributed by atoms with Gasteiger partial charge >= 0.3 is 0 Å². The fourth-order valence-electron chi connectivity index (χ4n) is 4.33. The molecule has 1 aliphatic heterocycles. The highest BCUT2D eigenvalue weighted by Gasteiger charge is 2.19. The van der Waals surface area contributed by atoms with E-state index in [1.165, 1.54) is 36.4 Å². The first-order valence-corrected chi connectivity index (χ1v) is 12.1. The van der Waals surface area contributed by atoms with Crippen LogP contribution >= 0.6 is 0 Å². The van der Waals surface area contributed by atoms with Crippen LogP contribution in [0.4, 0.5) is 0 Å². The summed E-state index contributed by atoms with van der Waals surface area (Å²) in [6, 6.07) is 10.7. The molecule has 0 radical (unpaired) electrons. The van der Waals surface area contributed by atoms with Gasteiger partial charge in [0, 0.05) is 29.3 Å². The van der Waals surface area contributed by atoms with Crippen LogP contribution < -0.4 is 15.6 Å². The van der Waals surface area contributed by atoms with Crippen LogP contribution in [0.3, 0.4) is 0 Å². The topological polar surface area (TPSA) is 171 Å². The average Bonchev–Trinajstić information content (AvgIpc) is 3.09. The van der Waals surface area contributed by atoms with Gasteiger partial charge in [-0.15, -0.1) is 0 Å². The van der Waals surface area contributed by atoms with E-state index < -0.39 is 16.9 Å². The third kappa shape index (κ3) is 4.78. The largest absolute Gasteiger partial charge is 0.508 e. The van der Waals surface area contributed by atoms with Crippen LogP contribution in [-0.4, -0.2) is 32.1 Å². The van der Waals surface area contributed by atoms with Crippen LogP contribution in [0, 0.1) is 6.92 Å². The van der Waals surface area contributed by atoms with Gasteiger partial charge in [-0.25, -0.2) is 0 Å². The SMILES string of the molecule is CC1=CCc2c(cc3oc(C)cc(=O)c3c2O)OC1.O=c1c(O)c(-c2ccc(O)c(O)c2)oc2cc(O)ccc12. The van der Waals surface area contributed by atoms with Crippen LogP contribution in [0.25, 0.3) is 33.3 Å². The summed E-state index contributed by atoms with van der Waals surface area (Å²) >= 11 is 0. The molecule has 0 saturated carbocycles. The van der Waals surface area contributed by atoms with E-state index in [9.17, 15) is 35.1 Å². The Labute approximate surface area is 225 Å². The Kier molecular flexibility index (Phi) is 6.60. The Balaban J connectivity index is 0.000000162. The molecule has 2 aromatic heterocycles. The standard InChI is InChI=1S/C15H10O6.C15H14O4/c16-8-2-3-9-12(6-8)21-15(14(20)13(9)19)7-1-4-10(17)11(18)5-7;1-8-3-4-10-12(18-7-8)6-13-14(15(10)17)11(16)5-9(2)19-13/h1-6,16-18,20H;3,5-6,17H,4,7H2,1-2H3. The van der Waals surface area contributed by atoms with Crippen molar-refractivity contribution in [3.8, 4) is 45.8 Å². The Morgan fingerprint density at radius 3 is 2.30 bits per heavy atom. The highest BCUT2D eigenvalue weighted by Crippen LogP contribution is 2.37. The molecule has 10 nitrogen and oxygen atoms in total. The van der Waals surface area contributed by atoms with E-state index in [1.807, 2.05) is 13.0 Å². The lowest BCUT2D eigenvalue weighted by Crippen LogP contribution is -2.04. The summed E-state index contributed by atoms with van der Waals surface area (Å²) < 4.78 is 16.6. The van der Waals surface area contributed by atoms with Crippen LogP contribution in [0.2, 0.25) is 0 Å². The first-order valence-electron chi connectivity index (χ1n) is 12.1. The number of allylic oxidation sites excluding steroid dienone is 1. The number of aromatic hydroxyl groups is 5. The number of aryl methyl sites for hydroxylation is 1. The van der Waals surface area contributed by atoms with Crippen molar-refractivity contribution in [2.45, 2.75) is 20.3 Å². The van der Waals surface area contributed by atoms with Gasteiger partial charge in [-0.05, 0) is 56.2 Å². The van der Waals surface area contributed by atoms with E-state index in [-0.39, 0.29) is 50.4 Å². The van der Waals surface area contributed by atoms with E-state index >= 15 is 0 Å². The fraction of sp³-hybridized carbons (Fsp3) is 0.133. The minimum Gasteiger partial charge on any atom is -0.508 e. The Bertz CT molecular complexity index is 1950. The van der Waals surface area contributed by atoms with Crippen molar-refractivity contribution in [1.82, 2.24) is 0 Å². The highest BCUT2D eigenvalue weighted by atomic mass is 16.5. The van der Waals surface area contributed by atoms with E-state index in [0.717, 1.165) is 11.6 Å². The molecule has 3 aromatic carbocycles. The molecule has 0 fully saturated rings. The van der Waals surface area contributed by atoms with E-state index in [0.29, 0.717) is 35.7 Å². The molecule has 10 heteroatoms. The summed E-state index contributed by atoms with van der Waals surface area (Å²) in [6.45, 7) is 4.15. The maximum absolute atomic E-state index is 12.1. The molecule has 5 N–H and O–H groups in total. The first-order chi connectivity index (χ1) is 19.0. The van der Waals surface area contributed by atoms with Gasteiger partial charge < -0.3 is 39.1 Å². The van der Waals surface area contributed by atoms with Crippen molar-refractivity contribution in [1.29, 1.82) is 0 Å². The van der Waals surface area contributed by atoms with Crippen LogP contribution in [0.15, 0.2) is 78.6 Å². The zero-order chi connectivity index (χ0) is 28.7. The first kappa shape index (κ1) is 26.2. The summed E-state index contributed by atoms with van der Waals surface area (Å²) in [5.74, 6) is -0.550. The molecule has 5 aromatic rings. The predicted molar refractivity (Wildman–Crippen MR) is 146 cm³/mol. The van der Waals surface area contributed by atoms with E-state index in [1.54, 1.807) is 13.0 Å². The molecule has 40 heavy (non-hydrogen) atoms. The number of fused-ring (bicyclic) bond motifs is 3. The van der Waals surface area contributed by atoms with Crippen molar-refractivity contribution in [2.75, 3.05) is 6.61 Å². The molecule has 0 unspecified atom stereocenters. The average molecular weight is 545 g/mol. The number of benzene rings is 3. The van der Waals surface area contributed by atoms with Gasteiger partial charge in [0.25, 0.3) is 0 Å².